The molecule has 19 heavy (non-hydrogen) atoms. The Labute approximate surface area is 109 Å². The highest BCUT2D eigenvalue weighted by atomic mass is 32.2. The van der Waals surface area contributed by atoms with Crippen LogP contribution in [0.25, 0.3) is 0 Å². The second kappa shape index (κ2) is 5.41. The molecule has 1 aromatic heterocycles. The van der Waals surface area contributed by atoms with Crippen molar-refractivity contribution in [1.82, 2.24) is 9.88 Å². The summed E-state index contributed by atoms with van der Waals surface area (Å²) in [5.74, 6) is -0.769. The van der Waals surface area contributed by atoms with Gasteiger partial charge in [0.2, 0.25) is 5.91 Å². The second-order valence-corrected chi connectivity index (χ2v) is 5.29. The molecular formula is C10H14N2O6S. The Balaban J connectivity index is 3.27. The van der Waals surface area contributed by atoms with E-state index in [0.29, 0.717) is 0 Å². The lowest BCUT2D eigenvalue weighted by Gasteiger charge is -2.11. The zero-order valence-electron chi connectivity index (χ0n) is 10.4. The number of aryl methyl sites for hydroxylation is 1. The Morgan fingerprint density at radius 2 is 2.05 bits per heavy atom. The molecule has 1 rings (SSSR count). The molecule has 106 valence electrons. The maximum absolute atomic E-state index is 11.9. The topological polar surface area (TPSA) is 126 Å². The standard InChI is InChI=1S/C10H14N2O6S/c1-6-5-8(14)12(4-3-11-7(2)13)10(15)9(6)19(16,17)18/h5,14H,3-4H2,1-2H3,(H,11,13)(H,16,17,18). The van der Waals surface area contributed by atoms with Crippen LogP contribution in [0.3, 0.4) is 0 Å². The molecule has 1 heterocycles. The van der Waals surface area contributed by atoms with Crippen molar-refractivity contribution in [1.29, 1.82) is 0 Å². The summed E-state index contributed by atoms with van der Waals surface area (Å²) in [7, 11) is -4.68. The number of hydrogen-bond donors (Lipinski definition) is 3. The zero-order chi connectivity index (χ0) is 14.8. The normalized spacial score (nSPS) is 11.3. The van der Waals surface area contributed by atoms with E-state index in [1.165, 1.54) is 13.8 Å². The molecule has 0 saturated carbocycles. The van der Waals surface area contributed by atoms with Gasteiger partial charge in [-0.3, -0.25) is 18.7 Å². The average molecular weight is 290 g/mol. The molecule has 0 spiro atoms. The number of hydrogen-bond acceptors (Lipinski definition) is 5. The third-order valence-electron chi connectivity index (χ3n) is 2.39. The number of nitrogens with one attached hydrogen (secondary N) is 1. The molecule has 0 atom stereocenters. The van der Waals surface area contributed by atoms with Gasteiger partial charge in [-0.15, -0.1) is 0 Å². The highest BCUT2D eigenvalue weighted by molar-refractivity contribution is 7.85. The fraction of sp³-hybridized carbons (Fsp3) is 0.400. The van der Waals surface area contributed by atoms with Gasteiger partial charge in [0.15, 0.2) is 10.8 Å². The van der Waals surface area contributed by atoms with Crippen LogP contribution in [-0.4, -0.2) is 35.1 Å². The minimum Gasteiger partial charge on any atom is -0.494 e. The van der Waals surface area contributed by atoms with Crippen LogP contribution in [0.15, 0.2) is 15.8 Å². The van der Waals surface area contributed by atoms with Crippen LogP contribution in [0.1, 0.15) is 12.5 Å². The van der Waals surface area contributed by atoms with Gasteiger partial charge in [0, 0.05) is 26.1 Å². The summed E-state index contributed by atoms with van der Waals surface area (Å²) in [6.07, 6.45) is 0. The number of aromatic nitrogens is 1. The van der Waals surface area contributed by atoms with Crippen molar-refractivity contribution in [2.24, 2.45) is 0 Å². The lowest BCUT2D eigenvalue weighted by atomic mass is 10.3. The predicted molar refractivity (Wildman–Crippen MR) is 65.6 cm³/mol. The molecule has 3 N–H and O–H groups in total. The number of carbonyl (C=O) groups excluding carboxylic acids is 1. The Morgan fingerprint density at radius 1 is 1.47 bits per heavy atom. The number of amides is 1. The van der Waals surface area contributed by atoms with Crippen LogP contribution in [0.5, 0.6) is 5.88 Å². The quantitative estimate of drug-likeness (QED) is 0.626. The van der Waals surface area contributed by atoms with E-state index in [4.69, 9.17) is 4.55 Å². The van der Waals surface area contributed by atoms with Gasteiger partial charge < -0.3 is 10.4 Å². The Kier molecular flexibility index (Phi) is 4.32. The first kappa shape index (κ1) is 15.2. The first-order valence-electron chi connectivity index (χ1n) is 5.30. The molecule has 0 radical (unpaired) electrons. The Hall–Kier alpha value is -1.87. The molecule has 9 heteroatoms. The van der Waals surface area contributed by atoms with E-state index in [0.717, 1.165) is 10.6 Å². The summed E-state index contributed by atoms with van der Waals surface area (Å²) in [6.45, 7) is 2.48. The average Bonchev–Trinajstić information content (AvgIpc) is 2.19. The lowest BCUT2D eigenvalue weighted by molar-refractivity contribution is -0.119. The summed E-state index contributed by atoms with van der Waals surface area (Å²) in [5, 5.41) is 12.0. The molecule has 1 aromatic rings. The maximum atomic E-state index is 11.9. The SMILES string of the molecule is CC(=O)NCCn1c(O)cc(C)c(S(=O)(=O)O)c1=O. The molecule has 8 nitrogen and oxygen atoms in total. The molecule has 0 saturated heterocycles. The van der Waals surface area contributed by atoms with Crippen LogP contribution in [-0.2, 0) is 21.5 Å². The molecule has 0 aliphatic rings. The highest BCUT2D eigenvalue weighted by Crippen LogP contribution is 2.15. The Bertz CT molecular complexity index is 661. The van der Waals surface area contributed by atoms with E-state index in [-0.39, 0.29) is 24.6 Å². The second-order valence-electron chi connectivity index (χ2n) is 3.93. The summed E-state index contributed by atoms with van der Waals surface area (Å²) < 4.78 is 32.0. The van der Waals surface area contributed by atoms with Gasteiger partial charge in [-0.2, -0.15) is 8.42 Å². The van der Waals surface area contributed by atoms with Crippen molar-refractivity contribution >= 4 is 16.0 Å². The smallest absolute Gasteiger partial charge is 0.300 e. The largest absolute Gasteiger partial charge is 0.494 e. The van der Waals surface area contributed by atoms with E-state index in [2.05, 4.69) is 5.32 Å². The van der Waals surface area contributed by atoms with E-state index < -0.39 is 26.5 Å². The monoisotopic (exact) mass is 290 g/mol. The number of aromatic hydroxyl groups is 1. The minimum atomic E-state index is -4.68. The fourth-order valence-electron chi connectivity index (χ4n) is 1.61. The molecule has 0 aliphatic carbocycles. The van der Waals surface area contributed by atoms with Crippen LogP contribution in [0.2, 0.25) is 0 Å². The van der Waals surface area contributed by atoms with E-state index >= 15 is 0 Å². The third kappa shape index (κ3) is 3.55. The maximum Gasteiger partial charge on any atom is 0.300 e. The van der Waals surface area contributed by atoms with E-state index in [9.17, 15) is 23.1 Å². The lowest BCUT2D eigenvalue weighted by Crippen LogP contribution is -2.32. The van der Waals surface area contributed by atoms with Crippen LogP contribution >= 0.6 is 0 Å². The van der Waals surface area contributed by atoms with Crippen LogP contribution in [0.4, 0.5) is 0 Å². The van der Waals surface area contributed by atoms with Gasteiger partial charge in [0.25, 0.3) is 15.7 Å². The zero-order valence-corrected chi connectivity index (χ0v) is 11.2. The van der Waals surface area contributed by atoms with Crippen molar-refractivity contribution in [3.05, 3.63) is 22.0 Å². The van der Waals surface area contributed by atoms with Crippen molar-refractivity contribution in [3.8, 4) is 5.88 Å². The van der Waals surface area contributed by atoms with Crippen molar-refractivity contribution < 1.29 is 22.9 Å². The number of nitrogens with zero attached hydrogens (tertiary/aromatic N) is 1. The van der Waals surface area contributed by atoms with E-state index in [1.54, 1.807) is 0 Å². The number of carbonyl (C=O) groups is 1. The summed E-state index contributed by atoms with van der Waals surface area (Å²) in [5.41, 5.74) is -1.09. The number of rotatable bonds is 4. The predicted octanol–water partition coefficient (Wildman–Crippen LogP) is -0.755. The van der Waals surface area contributed by atoms with Gasteiger partial charge >= 0.3 is 0 Å². The van der Waals surface area contributed by atoms with Crippen LogP contribution in [0, 0.1) is 6.92 Å². The highest BCUT2D eigenvalue weighted by Gasteiger charge is 2.21. The number of pyridine rings is 1. The molecule has 0 aliphatic heterocycles. The van der Waals surface area contributed by atoms with Gasteiger partial charge in [0.1, 0.15) is 0 Å². The molecule has 0 aromatic carbocycles. The van der Waals surface area contributed by atoms with E-state index in [1.807, 2.05) is 0 Å². The van der Waals surface area contributed by atoms with Gasteiger partial charge in [-0.05, 0) is 12.5 Å². The minimum absolute atomic E-state index is 0.0385. The first-order chi connectivity index (χ1) is 8.64. The fourth-order valence-corrected chi connectivity index (χ4v) is 2.40. The Morgan fingerprint density at radius 3 is 2.53 bits per heavy atom. The summed E-state index contributed by atoms with van der Waals surface area (Å²) in [4.78, 5) is 21.8. The van der Waals surface area contributed by atoms with Crippen molar-refractivity contribution in [2.45, 2.75) is 25.3 Å². The van der Waals surface area contributed by atoms with Crippen molar-refractivity contribution in [3.63, 3.8) is 0 Å². The molecule has 0 bridgehead atoms. The third-order valence-corrected chi connectivity index (χ3v) is 3.40. The summed E-state index contributed by atoms with van der Waals surface area (Å²) >= 11 is 0. The van der Waals surface area contributed by atoms with Gasteiger partial charge in [-0.1, -0.05) is 0 Å². The van der Waals surface area contributed by atoms with Crippen LogP contribution < -0.4 is 10.9 Å². The molecule has 0 fully saturated rings. The summed E-state index contributed by atoms with van der Waals surface area (Å²) in [6, 6.07) is 1.05. The first-order valence-corrected chi connectivity index (χ1v) is 6.74. The molecule has 0 unspecified atom stereocenters. The van der Waals surface area contributed by atoms with Crippen molar-refractivity contribution in [2.75, 3.05) is 6.54 Å². The molecular weight excluding hydrogens is 276 g/mol. The molecule has 1 amide bonds. The van der Waals surface area contributed by atoms with Gasteiger partial charge in [-0.25, -0.2) is 0 Å². The van der Waals surface area contributed by atoms with Gasteiger partial charge in [0.05, 0.1) is 0 Å².